The van der Waals surface area contributed by atoms with E-state index in [0.29, 0.717) is 17.0 Å². The zero-order valence-corrected chi connectivity index (χ0v) is 12.0. The van der Waals surface area contributed by atoms with Gasteiger partial charge in [0.1, 0.15) is 5.54 Å². The van der Waals surface area contributed by atoms with Gasteiger partial charge in [0.2, 0.25) is 0 Å². The number of hydrogen-bond acceptors (Lipinski definition) is 3. The molecule has 3 amide bonds. The summed E-state index contributed by atoms with van der Waals surface area (Å²) < 4.78 is 0. The van der Waals surface area contributed by atoms with Crippen LogP contribution in [0.25, 0.3) is 0 Å². The Balaban J connectivity index is 2.16. The number of carbonyl (C=O) groups is 3. The van der Waals surface area contributed by atoms with E-state index in [1.165, 1.54) is 6.07 Å². The number of Topliss-reactive ketones (excluding diaryl/α,β-unsaturated/α-hetero) is 1. The van der Waals surface area contributed by atoms with Gasteiger partial charge in [-0.15, -0.1) is 0 Å². The lowest BCUT2D eigenvalue weighted by atomic mass is 9.99. The largest absolute Gasteiger partial charge is 0.325 e. The summed E-state index contributed by atoms with van der Waals surface area (Å²) >= 11 is 5.82. The number of benzene rings is 1. The Morgan fingerprint density at radius 1 is 1.40 bits per heavy atom. The van der Waals surface area contributed by atoms with Crippen LogP contribution in [0.1, 0.15) is 30.6 Å². The maximum absolute atomic E-state index is 12.2. The molecule has 0 bridgehead atoms. The second-order valence-corrected chi connectivity index (χ2v) is 5.38. The Labute approximate surface area is 121 Å². The Kier molecular flexibility index (Phi) is 3.81. The number of amides is 3. The summed E-state index contributed by atoms with van der Waals surface area (Å²) in [5.74, 6) is -0.697. The summed E-state index contributed by atoms with van der Waals surface area (Å²) in [5, 5.41) is 3.04. The molecule has 1 fully saturated rings. The number of ketones is 1. The normalized spacial score (nSPS) is 22.1. The molecule has 1 aliphatic rings. The minimum atomic E-state index is -0.925. The second-order valence-electron chi connectivity index (χ2n) is 4.94. The number of nitrogens with zero attached hydrogens (tertiary/aromatic N) is 1. The minimum absolute atomic E-state index is 0.277. The smallest absolute Gasteiger partial charge is 0.323 e. The molecule has 1 heterocycles. The molecule has 6 heteroatoms. The molecule has 106 valence electrons. The predicted molar refractivity (Wildman–Crippen MR) is 74.7 cm³/mol. The van der Waals surface area contributed by atoms with Crippen LogP contribution in [0.5, 0.6) is 0 Å². The van der Waals surface area contributed by atoms with E-state index < -0.39 is 11.6 Å². The van der Waals surface area contributed by atoms with Crippen LogP contribution in [0, 0.1) is 0 Å². The van der Waals surface area contributed by atoms with Crippen molar-refractivity contribution in [3.63, 3.8) is 0 Å². The minimum Gasteiger partial charge on any atom is -0.323 e. The summed E-state index contributed by atoms with van der Waals surface area (Å²) in [6.45, 7) is 3.18. The average molecular weight is 295 g/mol. The molecule has 1 N–H and O–H groups in total. The Hall–Kier alpha value is -1.88. The first-order valence-electron chi connectivity index (χ1n) is 6.30. The molecule has 1 unspecified atom stereocenters. The lowest BCUT2D eigenvalue weighted by Gasteiger charge is -2.18. The first-order valence-corrected chi connectivity index (χ1v) is 6.68. The highest BCUT2D eigenvalue weighted by atomic mass is 35.5. The van der Waals surface area contributed by atoms with Gasteiger partial charge < -0.3 is 5.32 Å². The summed E-state index contributed by atoms with van der Waals surface area (Å²) in [6.07, 6.45) is 0.472. The molecule has 1 saturated heterocycles. The second kappa shape index (κ2) is 5.25. The van der Waals surface area contributed by atoms with Gasteiger partial charge in [-0.2, -0.15) is 0 Å². The molecular weight excluding hydrogens is 280 g/mol. The third-order valence-electron chi connectivity index (χ3n) is 3.50. The van der Waals surface area contributed by atoms with Crippen molar-refractivity contribution in [1.29, 1.82) is 0 Å². The van der Waals surface area contributed by atoms with Crippen LogP contribution in [0.3, 0.4) is 0 Å². The zero-order valence-electron chi connectivity index (χ0n) is 11.3. The average Bonchev–Trinajstić information content (AvgIpc) is 2.63. The van der Waals surface area contributed by atoms with Crippen LogP contribution >= 0.6 is 11.6 Å². The fourth-order valence-corrected chi connectivity index (χ4v) is 2.22. The van der Waals surface area contributed by atoms with Gasteiger partial charge in [-0.05, 0) is 25.5 Å². The van der Waals surface area contributed by atoms with Crippen LogP contribution in [0.2, 0.25) is 5.02 Å². The lowest BCUT2D eigenvalue weighted by Crippen LogP contribution is -2.43. The molecule has 0 aliphatic carbocycles. The highest BCUT2D eigenvalue weighted by Gasteiger charge is 2.46. The quantitative estimate of drug-likeness (QED) is 0.684. The van der Waals surface area contributed by atoms with Crippen molar-refractivity contribution in [3.8, 4) is 0 Å². The zero-order chi connectivity index (χ0) is 14.9. The Morgan fingerprint density at radius 3 is 2.65 bits per heavy atom. The van der Waals surface area contributed by atoms with Gasteiger partial charge in [-0.3, -0.25) is 14.5 Å². The van der Waals surface area contributed by atoms with Crippen molar-refractivity contribution in [2.45, 2.75) is 25.8 Å². The number of rotatable bonds is 4. The fraction of sp³-hybridized carbons (Fsp3) is 0.357. The third-order valence-corrected chi connectivity index (χ3v) is 3.74. The van der Waals surface area contributed by atoms with Crippen LogP contribution in [0.15, 0.2) is 24.3 Å². The van der Waals surface area contributed by atoms with E-state index in [-0.39, 0.29) is 18.2 Å². The van der Waals surface area contributed by atoms with Gasteiger partial charge in [-0.25, -0.2) is 4.79 Å². The number of carbonyl (C=O) groups excluding carboxylic acids is 3. The van der Waals surface area contributed by atoms with E-state index in [4.69, 9.17) is 11.6 Å². The van der Waals surface area contributed by atoms with E-state index in [9.17, 15) is 14.4 Å². The molecular formula is C14H15ClN2O3. The molecule has 5 nitrogen and oxygen atoms in total. The molecule has 0 saturated carbocycles. The standard InChI is InChI=1S/C14H15ClN2O3/c1-3-14(2)12(19)17(13(20)16-14)8-11(18)9-5-4-6-10(15)7-9/h4-7H,3,8H2,1-2H3,(H,16,20). The monoisotopic (exact) mass is 294 g/mol. The molecule has 20 heavy (non-hydrogen) atoms. The van der Waals surface area contributed by atoms with Crippen molar-refractivity contribution in [1.82, 2.24) is 10.2 Å². The first-order chi connectivity index (χ1) is 9.37. The van der Waals surface area contributed by atoms with Crippen molar-refractivity contribution in [3.05, 3.63) is 34.9 Å². The van der Waals surface area contributed by atoms with E-state index >= 15 is 0 Å². The van der Waals surface area contributed by atoms with Crippen molar-refractivity contribution >= 4 is 29.3 Å². The number of halogens is 1. The molecule has 0 aromatic heterocycles. The van der Waals surface area contributed by atoms with Crippen molar-refractivity contribution < 1.29 is 14.4 Å². The van der Waals surface area contributed by atoms with E-state index in [2.05, 4.69) is 5.32 Å². The molecule has 0 spiro atoms. The van der Waals surface area contributed by atoms with Gasteiger partial charge in [0.25, 0.3) is 5.91 Å². The summed E-state index contributed by atoms with van der Waals surface area (Å²) in [7, 11) is 0. The Bertz CT molecular complexity index is 588. The molecule has 0 radical (unpaired) electrons. The molecule has 2 rings (SSSR count). The van der Waals surface area contributed by atoms with Crippen LogP contribution in [-0.4, -0.2) is 34.7 Å². The van der Waals surface area contributed by atoms with Crippen molar-refractivity contribution in [2.75, 3.05) is 6.54 Å². The van der Waals surface area contributed by atoms with E-state index in [1.807, 2.05) is 0 Å². The van der Waals surface area contributed by atoms with E-state index in [0.717, 1.165) is 4.90 Å². The van der Waals surface area contributed by atoms with Crippen molar-refractivity contribution in [2.24, 2.45) is 0 Å². The van der Waals surface area contributed by atoms with Gasteiger partial charge in [0.05, 0.1) is 6.54 Å². The number of nitrogens with one attached hydrogen (secondary N) is 1. The SMILES string of the molecule is CCC1(C)NC(=O)N(CC(=O)c2cccc(Cl)c2)C1=O. The summed E-state index contributed by atoms with van der Waals surface area (Å²) in [6, 6.07) is 5.89. The summed E-state index contributed by atoms with van der Waals surface area (Å²) in [4.78, 5) is 37.0. The Morgan fingerprint density at radius 2 is 2.10 bits per heavy atom. The van der Waals surface area contributed by atoms with Gasteiger partial charge >= 0.3 is 6.03 Å². The molecule has 1 aliphatic heterocycles. The van der Waals surface area contributed by atoms with Crippen LogP contribution < -0.4 is 5.32 Å². The predicted octanol–water partition coefficient (Wildman–Crippen LogP) is 2.24. The van der Waals surface area contributed by atoms with Crippen LogP contribution in [0.4, 0.5) is 4.79 Å². The number of hydrogen-bond donors (Lipinski definition) is 1. The topological polar surface area (TPSA) is 66.5 Å². The first kappa shape index (κ1) is 14.5. The van der Waals surface area contributed by atoms with Crippen LogP contribution in [-0.2, 0) is 4.79 Å². The molecule has 1 aromatic carbocycles. The highest BCUT2D eigenvalue weighted by Crippen LogP contribution is 2.21. The highest BCUT2D eigenvalue weighted by molar-refractivity contribution is 6.31. The fourth-order valence-electron chi connectivity index (χ4n) is 2.03. The summed E-state index contributed by atoms with van der Waals surface area (Å²) in [5.41, 5.74) is -0.547. The lowest BCUT2D eigenvalue weighted by molar-refractivity contribution is -0.130. The molecule has 1 atom stereocenters. The number of urea groups is 1. The van der Waals surface area contributed by atoms with E-state index in [1.54, 1.807) is 32.0 Å². The molecule has 1 aromatic rings. The van der Waals surface area contributed by atoms with Gasteiger partial charge in [0, 0.05) is 10.6 Å². The third kappa shape index (κ3) is 2.54. The van der Waals surface area contributed by atoms with Gasteiger partial charge in [-0.1, -0.05) is 30.7 Å². The van der Waals surface area contributed by atoms with Gasteiger partial charge in [0.15, 0.2) is 5.78 Å². The maximum atomic E-state index is 12.2. The number of imide groups is 1. The maximum Gasteiger partial charge on any atom is 0.325 e.